The van der Waals surface area contributed by atoms with E-state index in [-0.39, 0.29) is 13.9 Å². The van der Waals surface area contributed by atoms with E-state index in [1.54, 1.807) is 0 Å². The van der Waals surface area contributed by atoms with Gasteiger partial charge in [0, 0.05) is 14.6 Å². The Morgan fingerprint density at radius 3 is 2.47 bits per heavy atom. The molecule has 0 aromatic rings. The molecule has 4 heteroatoms. The summed E-state index contributed by atoms with van der Waals surface area (Å²) in [6.45, 7) is 6.31. The van der Waals surface area contributed by atoms with Gasteiger partial charge in [0.2, 0.25) is 5.91 Å². The molecule has 1 heterocycles. The molecule has 4 nitrogen and oxygen atoms in total. The van der Waals surface area contributed by atoms with Gasteiger partial charge in [-0.05, 0) is 33.0 Å². The van der Waals surface area contributed by atoms with Gasteiger partial charge in [0.15, 0.2) is 0 Å². The summed E-state index contributed by atoms with van der Waals surface area (Å²) < 4.78 is 4.74. The maximum atomic E-state index is 11.1. The lowest BCUT2D eigenvalue weighted by molar-refractivity contribution is -0.125. The lowest BCUT2D eigenvalue weighted by Gasteiger charge is -2.29. The van der Waals surface area contributed by atoms with Crippen molar-refractivity contribution in [2.24, 2.45) is 0 Å². The molecule has 0 atom stereocenters. The van der Waals surface area contributed by atoms with Crippen LogP contribution in [0, 0.1) is 0 Å². The van der Waals surface area contributed by atoms with E-state index < -0.39 is 0 Å². The van der Waals surface area contributed by atoms with E-state index in [1.165, 1.54) is 7.11 Å². The normalized spacial score (nSPS) is 17.9. The van der Waals surface area contributed by atoms with Crippen molar-refractivity contribution in [3.63, 3.8) is 0 Å². The van der Waals surface area contributed by atoms with Gasteiger partial charge in [0.05, 0.1) is 0 Å². The Bertz CT molecular complexity index is 171. The molecule has 1 N–H and O–H groups in total. The second kappa shape index (κ2) is 8.68. The monoisotopic (exact) mass is 218 g/mol. The van der Waals surface area contributed by atoms with Crippen LogP contribution in [-0.4, -0.2) is 50.7 Å². The minimum atomic E-state index is -0.00273. The first-order valence-corrected chi connectivity index (χ1v) is 5.69. The Morgan fingerprint density at radius 1 is 1.47 bits per heavy atom. The Balaban J connectivity index is 0. The van der Waals surface area contributed by atoms with E-state index in [0.717, 1.165) is 25.9 Å². The van der Waals surface area contributed by atoms with Gasteiger partial charge in [0.25, 0.3) is 0 Å². The van der Waals surface area contributed by atoms with Crippen LogP contribution in [0.25, 0.3) is 0 Å². The Labute approximate surface area is 94.5 Å². The van der Waals surface area contributed by atoms with Crippen LogP contribution in [0.3, 0.4) is 0 Å². The maximum Gasteiger partial charge on any atom is 0.246 e. The minimum Gasteiger partial charge on any atom is -0.375 e. The zero-order chi connectivity index (χ0) is 11.7. The summed E-state index contributed by atoms with van der Waals surface area (Å²) >= 11 is 0. The largest absolute Gasteiger partial charge is 0.375 e. The van der Waals surface area contributed by atoms with Crippen molar-refractivity contribution in [3.8, 4) is 0 Å². The number of ether oxygens (including phenoxy) is 1. The van der Waals surface area contributed by atoms with Crippen LogP contribution in [0.2, 0.25) is 0 Å². The summed E-state index contributed by atoms with van der Waals surface area (Å²) in [6, 6.07) is 0.346. The number of carbonyl (C=O) groups is 1. The summed E-state index contributed by atoms with van der Waals surface area (Å²) in [4.78, 5) is 13.4. The van der Waals surface area contributed by atoms with Gasteiger partial charge in [-0.15, -0.1) is 0 Å². The van der Waals surface area contributed by atoms with Crippen LogP contribution in [0.15, 0.2) is 0 Å². The van der Waals surface area contributed by atoms with Gasteiger partial charge in [0.1, 0.15) is 6.61 Å². The first-order chi connectivity index (χ1) is 7.22. The number of methoxy groups -OCH3 is 1. The molecular formula is C11H26N2O2. The van der Waals surface area contributed by atoms with Gasteiger partial charge in [-0.25, -0.2) is 0 Å². The van der Waals surface area contributed by atoms with E-state index in [4.69, 9.17) is 4.74 Å². The second-order valence-electron chi connectivity index (χ2n) is 3.58. The smallest absolute Gasteiger partial charge is 0.246 e. The molecule has 0 unspecified atom stereocenters. The average molecular weight is 218 g/mol. The molecule has 15 heavy (non-hydrogen) atoms. The van der Waals surface area contributed by atoms with Gasteiger partial charge in [-0.2, -0.15) is 0 Å². The fourth-order valence-electron chi connectivity index (χ4n) is 1.55. The summed E-state index contributed by atoms with van der Waals surface area (Å²) in [5, 5.41) is 2.95. The average Bonchev–Trinajstić information content (AvgIpc) is 2.25. The van der Waals surface area contributed by atoms with Crippen molar-refractivity contribution in [1.29, 1.82) is 0 Å². The Kier molecular flexibility index (Phi) is 8.33. The van der Waals surface area contributed by atoms with Crippen LogP contribution < -0.4 is 5.32 Å². The molecule has 1 saturated heterocycles. The quantitative estimate of drug-likeness (QED) is 0.771. The van der Waals surface area contributed by atoms with Crippen molar-refractivity contribution in [2.75, 3.05) is 33.9 Å². The van der Waals surface area contributed by atoms with Gasteiger partial charge in [-0.3, -0.25) is 4.79 Å². The van der Waals surface area contributed by atoms with E-state index >= 15 is 0 Å². The van der Waals surface area contributed by atoms with Crippen LogP contribution in [-0.2, 0) is 9.53 Å². The maximum absolute atomic E-state index is 11.1. The fraction of sp³-hybridized carbons (Fsp3) is 0.909. The Hall–Kier alpha value is -0.610. The lowest BCUT2D eigenvalue weighted by atomic mass is 10.1. The summed E-state index contributed by atoms with van der Waals surface area (Å²) in [5.41, 5.74) is 0. The molecule has 0 aromatic carbocycles. The standard InChI is InChI=1S/C9H18N2O2.C2H6.H2/c1-11-5-3-8(4-6-11)10-9(12)7-13-2;1-2;/h8H,3-7H2,1-2H3,(H,10,12);1-2H3;1H. The number of likely N-dealkylation sites (tertiary alicyclic amines) is 1. The molecule has 1 aliphatic heterocycles. The minimum absolute atomic E-state index is 0. The molecule has 0 bridgehead atoms. The molecule has 0 saturated carbocycles. The fourth-order valence-corrected chi connectivity index (χ4v) is 1.55. The highest BCUT2D eigenvalue weighted by Gasteiger charge is 2.17. The zero-order valence-corrected chi connectivity index (χ0v) is 10.4. The molecule has 1 fully saturated rings. The molecule has 1 rings (SSSR count). The van der Waals surface area contributed by atoms with Crippen molar-refractivity contribution >= 4 is 5.91 Å². The van der Waals surface area contributed by atoms with Crippen LogP contribution in [0.5, 0.6) is 0 Å². The number of hydrogen-bond donors (Lipinski definition) is 1. The molecule has 1 amide bonds. The first kappa shape index (κ1) is 14.4. The number of piperidine rings is 1. The highest BCUT2D eigenvalue weighted by Crippen LogP contribution is 2.07. The lowest BCUT2D eigenvalue weighted by Crippen LogP contribution is -2.44. The summed E-state index contributed by atoms with van der Waals surface area (Å²) in [7, 11) is 3.64. The second-order valence-corrected chi connectivity index (χ2v) is 3.58. The van der Waals surface area contributed by atoms with Crippen LogP contribution in [0.1, 0.15) is 28.1 Å². The highest BCUT2D eigenvalue weighted by atomic mass is 16.5. The SMILES string of the molecule is CC.COCC(=O)NC1CCN(C)CC1.[HH]. The topological polar surface area (TPSA) is 41.6 Å². The van der Waals surface area contributed by atoms with Crippen LogP contribution >= 0.6 is 0 Å². The van der Waals surface area contributed by atoms with Gasteiger partial charge >= 0.3 is 0 Å². The number of nitrogens with zero attached hydrogens (tertiary/aromatic N) is 1. The molecule has 92 valence electrons. The van der Waals surface area contributed by atoms with Gasteiger partial charge < -0.3 is 15.0 Å². The third-order valence-electron chi connectivity index (χ3n) is 2.36. The molecule has 0 aromatic heterocycles. The predicted octanol–water partition coefficient (Wildman–Crippen LogP) is 1.12. The third-order valence-corrected chi connectivity index (χ3v) is 2.36. The molecule has 0 spiro atoms. The van der Waals surface area contributed by atoms with Crippen molar-refractivity contribution in [2.45, 2.75) is 32.7 Å². The van der Waals surface area contributed by atoms with E-state index in [0.29, 0.717) is 6.04 Å². The predicted molar refractivity (Wildman–Crippen MR) is 64.0 cm³/mol. The van der Waals surface area contributed by atoms with Crippen molar-refractivity contribution in [3.05, 3.63) is 0 Å². The van der Waals surface area contributed by atoms with E-state index in [9.17, 15) is 4.79 Å². The van der Waals surface area contributed by atoms with Crippen molar-refractivity contribution in [1.82, 2.24) is 10.2 Å². The summed E-state index contributed by atoms with van der Waals surface area (Å²) in [5.74, 6) is -0.00273. The number of nitrogens with one attached hydrogen (secondary N) is 1. The third kappa shape index (κ3) is 6.47. The zero-order valence-electron chi connectivity index (χ0n) is 10.4. The first-order valence-electron chi connectivity index (χ1n) is 5.69. The molecule has 0 aliphatic carbocycles. The number of carbonyl (C=O) groups excluding carboxylic acids is 1. The van der Waals surface area contributed by atoms with Crippen LogP contribution in [0.4, 0.5) is 0 Å². The number of rotatable bonds is 3. The number of hydrogen-bond acceptors (Lipinski definition) is 3. The molecule has 0 radical (unpaired) electrons. The van der Waals surface area contributed by atoms with E-state index in [1.807, 2.05) is 13.8 Å². The highest BCUT2D eigenvalue weighted by molar-refractivity contribution is 5.77. The van der Waals surface area contributed by atoms with E-state index in [2.05, 4.69) is 17.3 Å². The van der Waals surface area contributed by atoms with Crippen molar-refractivity contribution < 1.29 is 11.0 Å². The number of amides is 1. The molecular weight excluding hydrogens is 192 g/mol. The van der Waals surface area contributed by atoms with Gasteiger partial charge in [-0.1, -0.05) is 13.8 Å². The summed E-state index contributed by atoms with van der Waals surface area (Å²) in [6.07, 6.45) is 2.10. The molecule has 1 aliphatic rings. The Morgan fingerprint density at radius 2 is 2.00 bits per heavy atom.